The quantitative estimate of drug-likeness (QED) is 0.291. The summed E-state index contributed by atoms with van der Waals surface area (Å²) in [6.45, 7) is 9.98. The summed E-state index contributed by atoms with van der Waals surface area (Å²) in [7, 11) is 1.59. The van der Waals surface area contributed by atoms with E-state index in [4.69, 9.17) is 18.9 Å². The van der Waals surface area contributed by atoms with Crippen LogP contribution >= 0.6 is 11.3 Å². The van der Waals surface area contributed by atoms with E-state index in [0.717, 1.165) is 5.56 Å². The van der Waals surface area contributed by atoms with Crippen molar-refractivity contribution in [3.05, 3.63) is 97.2 Å². The first-order valence-electron chi connectivity index (χ1n) is 12.3. The van der Waals surface area contributed by atoms with Crippen molar-refractivity contribution in [2.24, 2.45) is 4.99 Å². The Labute approximate surface area is 224 Å². The van der Waals surface area contributed by atoms with Gasteiger partial charge in [0.15, 0.2) is 16.3 Å². The standard InChI is InChI=1S/C29H30N2O6S/c1-6-14-37-22-13-12-20(17-23(22)35-7-2)26-25(28(33)36-8-3)18(4)30-29-31(26)27(32)24(38-29)16-19-10-9-11-21(15-19)34-5/h6,9-13,15-17,26H,1,7-8,14H2,2-5H3/b24-16+. The van der Waals surface area contributed by atoms with Crippen LogP contribution < -0.4 is 29.1 Å². The zero-order valence-electron chi connectivity index (χ0n) is 21.9. The lowest BCUT2D eigenvalue weighted by Crippen LogP contribution is -2.40. The van der Waals surface area contributed by atoms with E-state index in [0.29, 0.717) is 56.6 Å². The molecule has 0 N–H and O–H groups in total. The number of methoxy groups -OCH3 is 1. The lowest BCUT2D eigenvalue weighted by atomic mass is 9.95. The number of thiazole rings is 1. The van der Waals surface area contributed by atoms with Crippen molar-refractivity contribution in [2.45, 2.75) is 26.8 Å². The van der Waals surface area contributed by atoms with Crippen molar-refractivity contribution in [3.8, 4) is 17.2 Å². The number of esters is 1. The van der Waals surface area contributed by atoms with Crippen LogP contribution in [0.25, 0.3) is 6.08 Å². The number of rotatable bonds is 10. The molecule has 1 unspecified atom stereocenters. The summed E-state index contributed by atoms with van der Waals surface area (Å²) in [6, 6.07) is 12.1. The van der Waals surface area contributed by atoms with Gasteiger partial charge in [-0.2, -0.15) is 0 Å². The van der Waals surface area contributed by atoms with Gasteiger partial charge in [0.25, 0.3) is 5.56 Å². The molecule has 0 bridgehead atoms. The number of nitrogens with zero attached hydrogens (tertiary/aromatic N) is 2. The summed E-state index contributed by atoms with van der Waals surface area (Å²) in [4.78, 5) is 32.1. The summed E-state index contributed by atoms with van der Waals surface area (Å²) in [5, 5.41) is 0. The lowest BCUT2D eigenvalue weighted by molar-refractivity contribution is -0.139. The summed E-state index contributed by atoms with van der Waals surface area (Å²) >= 11 is 1.26. The van der Waals surface area contributed by atoms with Gasteiger partial charge in [0.2, 0.25) is 0 Å². The van der Waals surface area contributed by atoms with Crippen molar-refractivity contribution in [1.29, 1.82) is 0 Å². The topological polar surface area (TPSA) is 88.4 Å². The minimum absolute atomic E-state index is 0.196. The van der Waals surface area contributed by atoms with Crippen LogP contribution in [0.2, 0.25) is 0 Å². The molecule has 2 aromatic carbocycles. The van der Waals surface area contributed by atoms with Crippen LogP contribution in [0.3, 0.4) is 0 Å². The number of benzene rings is 2. The Morgan fingerprint density at radius 1 is 1.13 bits per heavy atom. The Hall–Kier alpha value is -4.11. The second-order valence-electron chi connectivity index (χ2n) is 8.32. The van der Waals surface area contributed by atoms with Gasteiger partial charge >= 0.3 is 5.97 Å². The fourth-order valence-corrected chi connectivity index (χ4v) is 5.27. The Bertz CT molecular complexity index is 1570. The molecule has 4 rings (SSSR count). The molecule has 1 aliphatic rings. The number of hydrogen-bond acceptors (Lipinski definition) is 8. The molecule has 0 radical (unpaired) electrons. The molecule has 0 amide bonds. The molecule has 0 fully saturated rings. The van der Waals surface area contributed by atoms with Gasteiger partial charge in [-0.05, 0) is 62.2 Å². The van der Waals surface area contributed by atoms with Crippen molar-refractivity contribution in [1.82, 2.24) is 4.57 Å². The average Bonchev–Trinajstić information content (AvgIpc) is 3.21. The summed E-state index contributed by atoms with van der Waals surface area (Å²) in [6.07, 6.45) is 3.44. The fourth-order valence-electron chi connectivity index (χ4n) is 4.22. The Kier molecular flexibility index (Phi) is 8.48. The van der Waals surface area contributed by atoms with Crippen LogP contribution in [0.1, 0.15) is 37.9 Å². The molecule has 1 aromatic heterocycles. The van der Waals surface area contributed by atoms with Crippen LogP contribution in [0.5, 0.6) is 17.2 Å². The van der Waals surface area contributed by atoms with Gasteiger partial charge in [-0.25, -0.2) is 9.79 Å². The minimum Gasteiger partial charge on any atom is -0.497 e. The highest BCUT2D eigenvalue weighted by Crippen LogP contribution is 2.36. The molecule has 9 heteroatoms. The van der Waals surface area contributed by atoms with E-state index >= 15 is 0 Å². The van der Waals surface area contributed by atoms with E-state index < -0.39 is 12.0 Å². The second kappa shape index (κ2) is 12.0. The van der Waals surface area contributed by atoms with Crippen LogP contribution in [0, 0.1) is 0 Å². The third kappa shape index (κ3) is 5.43. The Balaban J connectivity index is 1.93. The monoisotopic (exact) mass is 534 g/mol. The first-order valence-corrected chi connectivity index (χ1v) is 13.1. The molecule has 1 atom stereocenters. The number of allylic oxidation sites excluding steroid dienone is 1. The van der Waals surface area contributed by atoms with E-state index in [2.05, 4.69) is 11.6 Å². The van der Waals surface area contributed by atoms with Gasteiger partial charge in [-0.1, -0.05) is 42.2 Å². The maximum atomic E-state index is 13.8. The maximum absolute atomic E-state index is 13.8. The number of carbonyl (C=O) groups is 1. The molecule has 0 saturated carbocycles. The van der Waals surface area contributed by atoms with Crippen LogP contribution in [0.15, 0.2) is 76.2 Å². The first-order chi connectivity index (χ1) is 18.4. The molecule has 0 aliphatic carbocycles. The highest BCUT2D eigenvalue weighted by atomic mass is 32.1. The van der Waals surface area contributed by atoms with Crippen molar-refractivity contribution in [3.63, 3.8) is 0 Å². The zero-order valence-corrected chi connectivity index (χ0v) is 22.7. The molecule has 38 heavy (non-hydrogen) atoms. The predicted molar refractivity (Wildman–Crippen MR) is 147 cm³/mol. The van der Waals surface area contributed by atoms with Crippen molar-refractivity contribution in [2.75, 3.05) is 26.9 Å². The summed E-state index contributed by atoms with van der Waals surface area (Å²) in [5.74, 6) is 1.21. The van der Waals surface area contributed by atoms with E-state index in [1.807, 2.05) is 37.3 Å². The maximum Gasteiger partial charge on any atom is 0.338 e. The Morgan fingerprint density at radius 3 is 2.66 bits per heavy atom. The molecule has 8 nitrogen and oxygen atoms in total. The highest BCUT2D eigenvalue weighted by Gasteiger charge is 2.34. The van der Waals surface area contributed by atoms with Crippen LogP contribution in [-0.4, -0.2) is 37.5 Å². The largest absolute Gasteiger partial charge is 0.497 e. The molecule has 3 aromatic rings. The van der Waals surface area contributed by atoms with Gasteiger partial charge in [0.05, 0.1) is 42.2 Å². The molecule has 1 aliphatic heterocycles. The van der Waals surface area contributed by atoms with E-state index in [1.165, 1.54) is 11.3 Å². The SMILES string of the molecule is C=CCOc1ccc(C2C(C(=O)OCC)=C(C)N=c3s/c(=C/c4cccc(OC)c4)c(=O)n32)cc1OCC. The average molecular weight is 535 g/mol. The molecule has 0 saturated heterocycles. The third-order valence-electron chi connectivity index (χ3n) is 5.85. The van der Waals surface area contributed by atoms with Crippen LogP contribution in [0.4, 0.5) is 0 Å². The van der Waals surface area contributed by atoms with Gasteiger partial charge in [-0.15, -0.1) is 0 Å². The van der Waals surface area contributed by atoms with Crippen molar-refractivity contribution >= 4 is 23.4 Å². The van der Waals surface area contributed by atoms with Gasteiger partial charge in [0.1, 0.15) is 12.4 Å². The van der Waals surface area contributed by atoms with E-state index in [1.54, 1.807) is 49.8 Å². The highest BCUT2D eigenvalue weighted by molar-refractivity contribution is 7.07. The first kappa shape index (κ1) is 26.9. The minimum atomic E-state index is -0.759. The van der Waals surface area contributed by atoms with Crippen molar-refractivity contribution < 1.29 is 23.7 Å². The van der Waals surface area contributed by atoms with Gasteiger partial charge in [0, 0.05) is 0 Å². The fraction of sp³-hybridized carbons (Fsp3) is 0.276. The molecular formula is C29H30N2O6S. The number of aromatic nitrogens is 1. The molecule has 0 spiro atoms. The number of hydrogen-bond donors (Lipinski definition) is 0. The normalized spacial score (nSPS) is 14.9. The molecular weight excluding hydrogens is 504 g/mol. The zero-order chi connectivity index (χ0) is 27.2. The molecule has 198 valence electrons. The van der Waals surface area contributed by atoms with Gasteiger partial charge < -0.3 is 18.9 Å². The number of carbonyl (C=O) groups excluding carboxylic acids is 1. The summed E-state index contributed by atoms with van der Waals surface area (Å²) < 4.78 is 24.3. The van der Waals surface area contributed by atoms with E-state index in [-0.39, 0.29) is 12.2 Å². The predicted octanol–water partition coefficient (Wildman–Crippen LogP) is 3.77. The van der Waals surface area contributed by atoms with E-state index in [9.17, 15) is 9.59 Å². The third-order valence-corrected chi connectivity index (χ3v) is 6.83. The lowest BCUT2D eigenvalue weighted by Gasteiger charge is -2.25. The number of fused-ring (bicyclic) bond motifs is 1. The summed E-state index contributed by atoms with van der Waals surface area (Å²) in [5.41, 5.74) is 2.02. The molecule has 2 heterocycles. The second-order valence-corrected chi connectivity index (χ2v) is 9.33. The number of ether oxygens (including phenoxy) is 4. The Morgan fingerprint density at radius 2 is 1.95 bits per heavy atom. The van der Waals surface area contributed by atoms with Gasteiger partial charge in [-0.3, -0.25) is 9.36 Å². The van der Waals surface area contributed by atoms with Crippen LogP contribution in [-0.2, 0) is 9.53 Å². The smallest absolute Gasteiger partial charge is 0.338 e.